The molecule has 1 aromatic heterocycles. The van der Waals surface area contributed by atoms with Crippen LogP contribution in [0, 0.1) is 0 Å². The highest BCUT2D eigenvalue weighted by Crippen LogP contribution is 2.53. The van der Waals surface area contributed by atoms with E-state index in [1.54, 1.807) is 0 Å². The van der Waals surface area contributed by atoms with Crippen LogP contribution in [0.1, 0.15) is 49.9 Å². The van der Waals surface area contributed by atoms with Gasteiger partial charge in [0, 0.05) is 44.4 Å². The molecule has 1 heterocycles. The van der Waals surface area contributed by atoms with Gasteiger partial charge in [-0.25, -0.2) is 0 Å². The van der Waals surface area contributed by atoms with Gasteiger partial charge in [0.15, 0.2) is 0 Å². The van der Waals surface area contributed by atoms with Crippen molar-refractivity contribution in [2.75, 3.05) is 4.90 Å². The number of aromatic nitrogens is 1. The van der Waals surface area contributed by atoms with Crippen molar-refractivity contribution in [3.8, 4) is 50.2 Å². The lowest BCUT2D eigenvalue weighted by atomic mass is 9.82. The summed E-state index contributed by atoms with van der Waals surface area (Å²) in [6.45, 7) is 9.45. The molecular formula is C64H48N2. The number of rotatable bonds is 6. The minimum atomic E-state index is -0.111. The Morgan fingerprint density at radius 1 is 0.333 bits per heavy atom. The van der Waals surface area contributed by atoms with Gasteiger partial charge in [0.05, 0.1) is 11.0 Å². The fourth-order valence-corrected chi connectivity index (χ4v) is 11.6. The quantitative estimate of drug-likeness (QED) is 0.162. The molecule has 0 bridgehead atoms. The summed E-state index contributed by atoms with van der Waals surface area (Å²) in [4.78, 5) is 2.42. The van der Waals surface area contributed by atoms with Gasteiger partial charge in [-0.1, -0.05) is 173 Å². The molecule has 13 rings (SSSR count). The summed E-state index contributed by atoms with van der Waals surface area (Å²) >= 11 is 0. The van der Waals surface area contributed by atoms with E-state index in [0.717, 1.165) is 22.7 Å². The van der Waals surface area contributed by atoms with Gasteiger partial charge < -0.3 is 9.47 Å². The van der Waals surface area contributed by atoms with Gasteiger partial charge in [-0.3, -0.25) is 0 Å². The van der Waals surface area contributed by atoms with Crippen LogP contribution >= 0.6 is 0 Å². The fraction of sp³-hybridized carbons (Fsp3) is 0.0938. The smallest absolute Gasteiger partial charge is 0.0547 e. The number of para-hydroxylation sites is 1. The first-order valence-electron chi connectivity index (χ1n) is 23.3. The lowest BCUT2D eigenvalue weighted by Gasteiger charge is -2.28. The normalized spacial score (nSPS) is 14.0. The molecule has 2 nitrogen and oxygen atoms in total. The van der Waals surface area contributed by atoms with Gasteiger partial charge in [0.1, 0.15) is 0 Å². The predicted molar refractivity (Wildman–Crippen MR) is 279 cm³/mol. The number of nitrogens with zero attached hydrogens (tertiary/aromatic N) is 2. The first kappa shape index (κ1) is 38.5. The molecule has 0 saturated carbocycles. The Labute approximate surface area is 386 Å². The minimum Gasteiger partial charge on any atom is -0.310 e. The average Bonchev–Trinajstić information content (AvgIpc) is 3.90. The molecule has 0 fully saturated rings. The number of fused-ring (bicyclic) bond motifs is 11. The van der Waals surface area contributed by atoms with Crippen molar-refractivity contribution in [3.05, 3.63) is 241 Å². The number of benzene rings is 10. The molecule has 2 aliphatic carbocycles. The van der Waals surface area contributed by atoms with Gasteiger partial charge in [-0.2, -0.15) is 0 Å². The van der Waals surface area contributed by atoms with Crippen LogP contribution in [0.3, 0.4) is 0 Å². The highest BCUT2D eigenvalue weighted by atomic mass is 15.1. The van der Waals surface area contributed by atoms with E-state index < -0.39 is 0 Å². The van der Waals surface area contributed by atoms with Gasteiger partial charge in [0.2, 0.25) is 0 Å². The zero-order valence-corrected chi connectivity index (χ0v) is 37.7. The van der Waals surface area contributed by atoms with Gasteiger partial charge in [-0.15, -0.1) is 0 Å². The highest BCUT2D eigenvalue weighted by Gasteiger charge is 2.37. The largest absolute Gasteiger partial charge is 0.310 e. The minimum absolute atomic E-state index is 0.0560. The summed E-state index contributed by atoms with van der Waals surface area (Å²) in [5, 5.41) is 5.09. The number of anilines is 3. The maximum Gasteiger partial charge on any atom is 0.0547 e. The van der Waals surface area contributed by atoms with Crippen molar-refractivity contribution in [2.45, 2.75) is 38.5 Å². The lowest BCUT2D eigenvalue weighted by Crippen LogP contribution is -2.16. The highest BCUT2D eigenvalue weighted by molar-refractivity contribution is 6.17. The molecule has 0 N–H and O–H groups in total. The molecule has 0 radical (unpaired) electrons. The number of hydrogen-bond donors (Lipinski definition) is 0. The van der Waals surface area contributed by atoms with Crippen molar-refractivity contribution in [3.63, 3.8) is 0 Å². The summed E-state index contributed by atoms with van der Waals surface area (Å²) in [5.74, 6) is 0. The molecule has 2 heteroatoms. The van der Waals surface area contributed by atoms with Crippen LogP contribution in [0.25, 0.3) is 82.8 Å². The van der Waals surface area contributed by atoms with Gasteiger partial charge in [0.25, 0.3) is 0 Å². The third kappa shape index (κ3) is 5.67. The molecule has 0 atom stereocenters. The average molecular weight is 845 g/mol. The van der Waals surface area contributed by atoms with E-state index in [-0.39, 0.29) is 10.8 Å². The third-order valence-corrected chi connectivity index (χ3v) is 15.0. The van der Waals surface area contributed by atoms with E-state index in [0.29, 0.717) is 0 Å². The molecule has 11 aromatic rings. The Bertz CT molecular complexity index is 3740. The summed E-state index contributed by atoms with van der Waals surface area (Å²) in [7, 11) is 0. The molecule has 2 aliphatic rings. The van der Waals surface area contributed by atoms with E-state index >= 15 is 0 Å². The van der Waals surface area contributed by atoms with Crippen molar-refractivity contribution >= 4 is 49.6 Å². The van der Waals surface area contributed by atoms with Gasteiger partial charge in [-0.05, 0) is 150 Å². The molecule has 314 valence electrons. The van der Waals surface area contributed by atoms with E-state index in [4.69, 9.17) is 0 Å². The first-order chi connectivity index (χ1) is 32.2. The summed E-state index contributed by atoms with van der Waals surface area (Å²) in [6.07, 6.45) is 0. The summed E-state index contributed by atoms with van der Waals surface area (Å²) in [6, 6.07) is 81.2. The van der Waals surface area contributed by atoms with Crippen LogP contribution in [0.5, 0.6) is 0 Å². The Hall–Kier alpha value is -7.94. The zero-order valence-electron chi connectivity index (χ0n) is 37.7. The second-order valence-electron chi connectivity index (χ2n) is 19.4. The number of hydrogen-bond acceptors (Lipinski definition) is 1. The summed E-state index contributed by atoms with van der Waals surface area (Å²) in [5.41, 5.74) is 22.5. The van der Waals surface area contributed by atoms with Crippen LogP contribution in [0.4, 0.5) is 17.1 Å². The van der Waals surface area contributed by atoms with Crippen molar-refractivity contribution in [1.29, 1.82) is 0 Å². The van der Waals surface area contributed by atoms with Crippen LogP contribution in [-0.2, 0) is 10.8 Å². The topological polar surface area (TPSA) is 8.17 Å². The Morgan fingerprint density at radius 3 is 1.70 bits per heavy atom. The zero-order chi connectivity index (χ0) is 44.3. The van der Waals surface area contributed by atoms with Crippen molar-refractivity contribution < 1.29 is 0 Å². The standard InChI is InChI=1S/C64H48N2/c1-63(2)57-25-14-12-23-52(57)62-53-40-61-55(38-45(53)28-34-58(62)63)54-37-44(29-35-60(54)66(61)46-19-9-6-10-20-46)42-26-30-47(31-27-42)65(48-21-15-18-43(36-48)41-16-7-5-8-17-41)49-32-33-51-50-22-11-13-24-56(50)64(3,4)59(51)39-49/h5-40H,1-4H3. The van der Waals surface area contributed by atoms with E-state index in [1.807, 2.05) is 0 Å². The Balaban J connectivity index is 0.951. The van der Waals surface area contributed by atoms with Gasteiger partial charge >= 0.3 is 0 Å². The van der Waals surface area contributed by atoms with E-state index in [9.17, 15) is 0 Å². The van der Waals surface area contributed by atoms with Crippen LogP contribution in [-0.4, -0.2) is 4.57 Å². The Kier molecular flexibility index (Phi) is 8.33. The van der Waals surface area contributed by atoms with E-state index in [1.165, 1.54) is 99.3 Å². The predicted octanol–water partition coefficient (Wildman–Crippen LogP) is 17.4. The van der Waals surface area contributed by atoms with E-state index in [2.05, 4.69) is 256 Å². The van der Waals surface area contributed by atoms with Crippen molar-refractivity contribution in [2.24, 2.45) is 0 Å². The van der Waals surface area contributed by atoms with Crippen LogP contribution in [0.2, 0.25) is 0 Å². The molecule has 0 unspecified atom stereocenters. The SMILES string of the molecule is CC1(C)c2ccccc2-c2ccc(N(c3ccc(-c4ccc5c(c4)c4cc6ccc7c(c6cc4n5-c4ccccc4)-c4ccccc4C7(C)C)cc3)c3cccc(-c4ccccc4)c3)cc21. The third-order valence-electron chi connectivity index (χ3n) is 15.0. The van der Waals surface area contributed by atoms with Crippen LogP contribution < -0.4 is 4.90 Å². The molecular weight excluding hydrogens is 797 g/mol. The molecule has 0 saturated heterocycles. The summed E-state index contributed by atoms with van der Waals surface area (Å²) < 4.78 is 2.46. The fourth-order valence-electron chi connectivity index (χ4n) is 11.6. The Morgan fingerprint density at radius 2 is 0.909 bits per heavy atom. The second kappa shape index (κ2) is 14.3. The first-order valence-corrected chi connectivity index (χ1v) is 23.3. The second-order valence-corrected chi connectivity index (χ2v) is 19.4. The molecule has 0 aliphatic heterocycles. The molecule has 0 amide bonds. The molecule has 0 spiro atoms. The maximum atomic E-state index is 2.46. The van der Waals surface area contributed by atoms with Crippen molar-refractivity contribution in [1.82, 2.24) is 4.57 Å². The molecule has 10 aromatic carbocycles. The van der Waals surface area contributed by atoms with Crippen LogP contribution in [0.15, 0.2) is 218 Å². The molecule has 66 heavy (non-hydrogen) atoms. The lowest BCUT2D eigenvalue weighted by molar-refractivity contribution is 0.660. The monoisotopic (exact) mass is 844 g/mol. The maximum absolute atomic E-state index is 2.46.